The van der Waals surface area contributed by atoms with Crippen LogP contribution in [0.1, 0.15) is 11.1 Å². The number of ether oxygens (including phenoxy) is 1. The number of nitrogens with one attached hydrogen (secondary N) is 1. The minimum absolute atomic E-state index is 0.127. The van der Waals surface area contributed by atoms with E-state index in [4.69, 9.17) is 4.74 Å². The van der Waals surface area contributed by atoms with Gasteiger partial charge >= 0.3 is 6.03 Å². The summed E-state index contributed by atoms with van der Waals surface area (Å²) in [6.07, 6.45) is 0. The van der Waals surface area contributed by atoms with Crippen LogP contribution in [-0.2, 0) is 0 Å². The topological polar surface area (TPSA) is 41.6 Å². The Bertz CT molecular complexity index is 682. The molecule has 0 saturated carbocycles. The maximum atomic E-state index is 12.5. The fourth-order valence-corrected chi connectivity index (χ4v) is 2.52. The first-order valence-corrected chi connectivity index (χ1v) is 7.03. The van der Waals surface area contributed by atoms with Gasteiger partial charge in [0.2, 0.25) is 0 Å². The number of benzene rings is 2. The van der Waals surface area contributed by atoms with Gasteiger partial charge < -0.3 is 10.1 Å². The molecule has 1 heterocycles. The molecule has 1 N–H and O–H groups in total. The molecule has 0 fully saturated rings. The number of nitrogens with zero attached hydrogens (tertiary/aromatic N) is 1. The number of hydrogen-bond donors (Lipinski definition) is 1. The highest BCUT2D eigenvalue weighted by molar-refractivity contribution is 6.03. The summed E-state index contributed by atoms with van der Waals surface area (Å²) < 4.78 is 5.57. The van der Waals surface area contributed by atoms with Crippen molar-refractivity contribution in [3.05, 3.63) is 53.6 Å². The van der Waals surface area contributed by atoms with Crippen molar-refractivity contribution in [2.45, 2.75) is 13.8 Å². The zero-order valence-electron chi connectivity index (χ0n) is 12.2. The summed E-state index contributed by atoms with van der Waals surface area (Å²) in [6, 6.07) is 13.5. The SMILES string of the molecule is Cc1ccc(NC(=O)N2CCOc3ccccc32)c(C)c1. The molecule has 108 valence electrons. The van der Waals surface area contributed by atoms with E-state index in [1.165, 1.54) is 5.56 Å². The first-order chi connectivity index (χ1) is 10.1. The van der Waals surface area contributed by atoms with Crippen LogP contribution < -0.4 is 15.0 Å². The van der Waals surface area contributed by atoms with Gasteiger partial charge in [0.25, 0.3) is 0 Å². The van der Waals surface area contributed by atoms with Crippen molar-refractivity contribution < 1.29 is 9.53 Å². The Morgan fingerprint density at radius 3 is 2.81 bits per heavy atom. The standard InChI is InChI=1S/C17H18N2O2/c1-12-7-8-14(13(2)11-12)18-17(20)19-9-10-21-16-6-4-3-5-15(16)19/h3-8,11H,9-10H2,1-2H3,(H,18,20). The van der Waals surface area contributed by atoms with E-state index < -0.39 is 0 Å². The number of amides is 2. The molecular formula is C17H18N2O2. The predicted octanol–water partition coefficient (Wildman–Crippen LogP) is 3.73. The largest absolute Gasteiger partial charge is 0.490 e. The monoisotopic (exact) mass is 282 g/mol. The van der Waals surface area contributed by atoms with Gasteiger partial charge in [0, 0.05) is 5.69 Å². The third-order valence-electron chi connectivity index (χ3n) is 3.60. The molecule has 2 aromatic carbocycles. The first kappa shape index (κ1) is 13.5. The summed E-state index contributed by atoms with van der Waals surface area (Å²) >= 11 is 0. The van der Waals surface area contributed by atoms with Crippen molar-refractivity contribution >= 4 is 17.4 Å². The Hall–Kier alpha value is -2.49. The Labute approximate surface area is 124 Å². The Morgan fingerprint density at radius 2 is 2.00 bits per heavy atom. The van der Waals surface area contributed by atoms with Gasteiger partial charge in [-0.05, 0) is 37.6 Å². The van der Waals surface area contributed by atoms with Crippen molar-refractivity contribution in [1.82, 2.24) is 0 Å². The van der Waals surface area contributed by atoms with Crippen LogP contribution in [0.3, 0.4) is 0 Å². The van der Waals surface area contributed by atoms with E-state index in [0.717, 1.165) is 22.7 Å². The molecule has 3 rings (SSSR count). The van der Waals surface area contributed by atoms with Crippen LogP contribution in [0.2, 0.25) is 0 Å². The summed E-state index contributed by atoms with van der Waals surface area (Å²) in [5.41, 5.74) is 3.90. The molecule has 0 unspecified atom stereocenters. The second-order valence-corrected chi connectivity index (χ2v) is 5.22. The number of rotatable bonds is 1. The Morgan fingerprint density at radius 1 is 1.19 bits per heavy atom. The van der Waals surface area contributed by atoms with Gasteiger partial charge in [-0.15, -0.1) is 0 Å². The molecule has 0 radical (unpaired) electrons. The summed E-state index contributed by atoms with van der Waals surface area (Å²) in [4.78, 5) is 14.2. The highest BCUT2D eigenvalue weighted by Gasteiger charge is 2.23. The minimum atomic E-state index is -0.127. The molecule has 0 aromatic heterocycles. The molecule has 1 aliphatic rings. The number of hydrogen-bond acceptors (Lipinski definition) is 2. The molecule has 1 aliphatic heterocycles. The van der Waals surface area contributed by atoms with Crippen LogP contribution in [0.15, 0.2) is 42.5 Å². The van der Waals surface area contributed by atoms with Crippen LogP contribution in [-0.4, -0.2) is 19.2 Å². The third kappa shape index (κ3) is 2.70. The lowest BCUT2D eigenvalue weighted by molar-refractivity contribution is 0.250. The molecule has 0 aliphatic carbocycles. The van der Waals surface area contributed by atoms with Crippen LogP contribution in [0.5, 0.6) is 5.75 Å². The molecule has 4 heteroatoms. The van der Waals surface area contributed by atoms with Crippen molar-refractivity contribution in [3.63, 3.8) is 0 Å². The van der Waals surface area contributed by atoms with Crippen LogP contribution in [0.4, 0.5) is 16.2 Å². The number of anilines is 2. The number of fused-ring (bicyclic) bond motifs is 1. The number of aryl methyl sites for hydroxylation is 2. The fourth-order valence-electron chi connectivity index (χ4n) is 2.52. The maximum absolute atomic E-state index is 12.5. The zero-order valence-corrected chi connectivity index (χ0v) is 12.2. The average Bonchev–Trinajstić information content (AvgIpc) is 2.49. The maximum Gasteiger partial charge on any atom is 0.326 e. The molecule has 21 heavy (non-hydrogen) atoms. The molecule has 2 aromatic rings. The summed E-state index contributed by atoms with van der Waals surface area (Å²) in [5, 5.41) is 2.98. The lowest BCUT2D eigenvalue weighted by atomic mass is 10.1. The summed E-state index contributed by atoms with van der Waals surface area (Å²) in [6.45, 7) is 5.10. The quantitative estimate of drug-likeness (QED) is 0.865. The van der Waals surface area contributed by atoms with Gasteiger partial charge in [-0.1, -0.05) is 29.8 Å². The normalized spacial score (nSPS) is 13.3. The van der Waals surface area contributed by atoms with Crippen LogP contribution in [0, 0.1) is 13.8 Å². The van der Waals surface area contributed by atoms with E-state index in [1.807, 2.05) is 50.2 Å². The Balaban J connectivity index is 1.83. The molecule has 0 saturated heterocycles. The average molecular weight is 282 g/mol. The highest BCUT2D eigenvalue weighted by Crippen LogP contribution is 2.31. The zero-order chi connectivity index (χ0) is 14.8. The summed E-state index contributed by atoms with van der Waals surface area (Å²) in [5.74, 6) is 0.750. The molecular weight excluding hydrogens is 264 g/mol. The van der Waals surface area contributed by atoms with Crippen molar-refractivity contribution in [1.29, 1.82) is 0 Å². The van der Waals surface area contributed by atoms with Crippen molar-refractivity contribution in [2.24, 2.45) is 0 Å². The van der Waals surface area contributed by atoms with Gasteiger partial charge in [-0.25, -0.2) is 4.79 Å². The summed E-state index contributed by atoms with van der Waals surface area (Å²) in [7, 11) is 0. The first-order valence-electron chi connectivity index (χ1n) is 7.03. The van der Waals surface area contributed by atoms with Gasteiger partial charge in [0.15, 0.2) is 0 Å². The van der Waals surface area contributed by atoms with Crippen LogP contribution >= 0.6 is 0 Å². The number of para-hydroxylation sites is 2. The molecule has 0 bridgehead atoms. The lowest BCUT2D eigenvalue weighted by Gasteiger charge is -2.29. The van der Waals surface area contributed by atoms with Crippen molar-refractivity contribution in [3.8, 4) is 5.75 Å². The molecule has 4 nitrogen and oxygen atoms in total. The lowest BCUT2D eigenvalue weighted by Crippen LogP contribution is -2.40. The smallest absolute Gasteiger partial charge is 0.326 e. The van der Waals surface area contributed by atoms with Crippen LogP contribution in [0.25, 0.3) is 0 Å². The third-order valence-corrected chi connectivity index (χ3v) is 3.60. The van der Waals surface area contributed by atoms with E-state index in [9.17, 15) is 4.79 Å². The van der Waals surface area contributed by atoms with E-state index in [0.29, 0.717) is 13.2 Å². The number of urea groups is 1. The van der Waals surface area contributed by atoms with Gasteiger partial charge in [-0.3, -0.25) is 4.90 Å². The molecule has 0 atom stereocenters. The van der Waals surface area contributed by atoms with Gasteiger partial charge in [0.05, 0.1) is 12.2 Å². The second-order valence-electron chi connectivity index (χ2n) is 5.22. The highest BCUT2D eigenvalue weighted by atomic mass is 16.5. The molecule has 2 amide bonds. The minimum Gasteiger partial charge on any atom is -0.490 e. The molecule has 0 spiro atoms. The Kier molecular flexibility index (Phi) is 3.52. The fraction of sp³-hybridized carbons (Fsp3) is 0.235. The van der Waals surface area contributed by atoms with Gasteiger partial charge in [-0.2, -0.15) is 0 Å². The van der Waals surface area contributed by atoms with E-state index in [1.54, 1.807) is 4.90 Å². The van der Waals surface area contributed by atoms with E-state index >= 15 is 0 Å². The van der Waals surface area contributed by atoms with E-state index in [-0.39, 0.29) is 6.03 Å². The second kappa shape index (κ2) is 5.48. The number of carbonyl (C=O) groups excluding carboxylic acids is 1. The van der Waals surface area contributed by atoms with Gasteiger partial charge in [0.1, 0.15) is 12.4 Å². The predicted molar refractivity (Wildman–Crippen MR) is 84.2 cm³/mol. The van der Waals surface area contributed by atoms with Crippen molar-refractivity contribution in [2.75, 3.05) is 23.4 Å². The number of carbonyl (C=O) groups is 1. The van der Waals surface area contributed by atoms with E-state index in [2.05, 4.69) is 11.4 Å².